The second-order valence-electron chi connectivity index (χ2n) is 7.42. The van der Waals surface area contributed by atoms with Crippen molar-refractivity contribution in [1.82, 2.24) is 14.5 Å². The lowest BCUT2D eigenvalue weighted by molar-refractivity contribution is 0.0962. The molecular formula is C24H18BrN3O3. The van der Waals surface area contributed by atoms with Gasteiger partial charge in [-0.2, -0.15) is 4.98 Å². The number of pyridine rings is 1. The summed E-state index contributed by atoms with van der Waals surface area (Å²) in [5, 5.41) is 10.9. The van der Waals surface area contributed by atoms with E-state index in [0.29, 0.717) is 17.8 Å². The van der Waals surface area contributed by atoms with Gasteiger partial charge in [-0.1, -0.05) is 28.1 Å². The molecule has 0 bridgehead atoms. The maximum absolute atomic E-state index is 13.0. The first-order valence-electron chi connectivity index (χ1n) is 9.79. The number of halogens is 1. The highest BCUT2D eigenvalue weighted by molar-refractivity contribution is 9.10. The van der Waals surface area contributed by atoms with Crippen LogP contribution in [0, 0.1) is 6.92 Å². The first kappa shape index (κ1) is 19.5. The Labute approximate surface area is 186 Å². The maximum atomic E-state index is 13.0. The third-order valence-corrected chi connectivity index (χ3v) is 5.96. The number of carbonyl (C=O) groups excluding carboxylic acids is 1. The molecule has 0 spiro atoms. The van der Waals surface area contributed by atoms with E-state index in [1.54, 1.807) is 30.5 Å². The molecule has 0 atom stereocenters. The van der Waals surface area contributed by atoms with E-state index in [1.165, 1.54) is 0 Å². The van der Waals surface area contributed by atoms with Gasteiger partial charge in [-0.3, -0.25) is 4.79 Å². The molecule has 0 radical (unpaired) electrons. The topological polar surface area (TPSA) is 81.2 Å². The second-order valence-corrected chi connectivity index (χ2v) is 8.34. The fraction of sp³-hybridized carbons (Fsp3) is 0.125. The minimum absolute atomic E-state index is 0.0436. The van der Waals surface area contributed by atoms with Crippen LogP contribution in [0.3, 0.4) is 0 Å². The van der Waals surface area contributed by atoms with Crippen molar-refractivity contribution in [1.29, 1.82) is 0 Å². The molecule has 0 aliphatic heterocycles. The van der Waals surface area contributed by atoms with Gasteiger partial charge in [0.25, 0.3) is 5.89 Å². The monoisotopic (exact) mass is 475 g/mol. The molecule has 3 aromatic heterocycles. The van der Waals surface area contributed by atoms with Crippen LogP contribution in [-0.2, 0) is 13.0 Å². The van der Waals surface area contributed by atoms with Crippen LogP contribution < -0.4 is 0 Å². The van der Waals surface area contributed by atoms with E-state index in [4.69, 9.17) is 4.42 Å². The molecule has 3 heterocycles. The molecule has 0 saturated heterocycles. The molecule has 7 heteroatoms. The first-order valence-corrected chi connectivity index (χ1v) is 10.6. The Bertz CT molecular complexity index is 1400. The van der Waals surface area contributed by atoms with E-state index < -0.39 is 0 Å². The number of aromatic hydroxyl groups is 1. The number of aromatic nitrogens is 3. The number of benzene rings is 2. The number of oxazole rings is 1. The fourth-order valence-corrected chi connectivity index (χ4v) is 4.13. The van der Waals surface area contributed by atoms with Crippen LogP contribution in [0.2, 0.25) is 0 Å². The molecule has 0 fully saturated rings. The van der Waals surface area contributed by atoms with Crippen molar-refractivity contribution >= 4 is 43.8 Å². The van der Waals surface area contributed by atoms with Crippen molar-refractivity contribution in [2.24, 2.45) is 0 Å². The number of rotatable bonds is 5. The van der Waals surface area contributed by atoms with Crippen molar-refractivity contribution in [3.63, 3.8) is 0 Å². The van der Waals surface area contributed by atoms with E-state index in [0.717, 1.165) is 32.2 Å². The molecule has 2 aromatic carbocycles. The molecule has 0 aliphatic carbocycles. The van der Waals surface area contributed by atoms with E-state index >= 15 is 0 Å². The summed E-state index contributed by atoms with van der Waals surface area (Å²) in [6, 6.07) is 16.9. The molecule has 1 N–H and O–H groups in total. The second kappa shape index (κ2) is 7.67. The molecule has 0 amide bonds. The van der Waals surface area contributed by atoms with Crippen LogP contribution >= 0.6 is 15.9 Å². The van der Waals surface area contributed by atoms with Gasteiger partial charge in [-0.15, -0.1) is 0 Å². The van der Waals surface area contributed by atoms with E-state index in [2.05, 4.69) is 42.6 Å². The van der Waals surface area contributed by atoms with Gasteiger partial charge in [0.15, 0.2) is 11.2 Å². The van der Waals surface area contributed by atoms with Crippen LogP contribution in [0.5, 0.6) is 5.75 Å². The minimum Gasteiger partial charge on any atom is -0.508 e. The average Bonchev–Trinajstić information content (AvgIpc) is 3.30. The van der Waals surface area contributed by atoms with E-state index in [-0.39, 0.29) is 23.8 Å². The summed E-state index contributed by atoms with van der Waals surface area (Å²) in [5.74, 6) is -0.0257. The lowest BCUT2D eigenvalue weighted by Crippen LogP contribution is -2.07. The highest BCUT2D eigenvalue weighted by Gasteiger charge is 2.21. The molecule has 154 valence electrons. The Balaban J connectivity index is 1.55. The van der Waals surface area contributed by atoms with Crippen LogP contribution in [0.15, 0.2) is 69.7 Å². The van der Waals surface area contributed by atoms with E-state index in [1.807, 2.05) is 25.1 Å². The fourth-order valence-electron chi connectivity index (χ4n) is 3.86. The van der Waals surface area contributed by atoms with Crippen LogP contribution in [-0.4, -0.2) is 25.4 Å². The van der Waals surface area contributed by atoms with Crippen LogP contribution in [0.25, 0.3) is 22.1 Å². The minimum atomic E-state index is -0.230. The summed E-state index contributed by atoms with van der Waals surface area (Å²) < 4.78 is 8.79. The van der Waals surface area contributed by atoms with Crippen molar-refractivity contribution in [3.05, 3.63) is 88.0 Å². The van der Waals surface area contributed by atoms with Gasteiger partial charge in [0.2, 0.25) is 5.78 Å². The number of ketones is 1. The van der Waals surface area contributed by atoms with Gasteiger partial charge in [0.1, 0.15) is 5.75 Å². The lowest BCUT2D eigenvalue weighted by Gasteiger charge is -2.09. The molecule has 5 aromatic rings. The van der Waals surface area contributed by atoms with Crippen molar-refractivity contribution in [3.8, 4) is 5.75 Å². The van der Waals surface area contributed by atoms with Crippen LogP contribution in [0.1, 0.15) is 27.5 Å². The molecule has 31 heavy (non-hydrogen) atoms. The predicted molar refractivity (Wildman–Crippen MR) is 121 cm³/mol. The Kier molecular flexibility index (Phi) is 4.82. The Morgan fingerprint density at radius 2 is 1.97 bits per heavy atom. The van der Waals surface area contributed by atoms with Crippen molar-refractivity contribution in [2.45, 2.75) is 19.9 Å². The van der Waals surface area contributed by atoms with Gasteiger partial charge in [0.05, 0.1) is 0 Å². The Hall–Kier alpha value is -3.45. The highest BCUT2D eigenvalue weighted by atomic mass is 79.9. The molecule has 0 unspecified atom stereocenters. The van der Waals surface area contributed by atoms with Crippen molar-refractivity contribution in [2.75, 3.05) is 0 Å². The maximum Gasteiger partial charge on any atom is 0.266 e. The molecule has 6 nitrogen and oxygen atoms in total. The van der Waals surface area contributed by atoms with Gasteiger partial charge >= 0.3 is 0 Å². The number of phenols is 1. The SMILES string of the molecule is Cc1c(CC(=O)c2nc3ncccc3o2)c2cc(O)ccc2n1Cc1ccc(Br)cc1. The number of hydrogen-bond donors (Lipinski definition) is 1. The van der Waals surface area contributed by atoms with E-state index in [9.17, 15) is 9.90 Å². The summed E-state index contributed by atoms with van der Waals surface area (Å²) in [4.78, 5) is 21.4. The quantitative estimate of drug-likeness (QED) is 0.342. The summed E-state index contributed by atoms with van der Waals surface area (Å²) in [6.07, 6.45) is 1.73. The highest BCUT2D eigenvalue weighted by Crippen LogP contribution is 2.31. The summed E-state index contributed by atoms with van der Waals surface area (Å²) >= 11 is 3.47. The number of nitrogens with zero attached hydrogens (tertiary/aromatic N) is 3. The summed E-state index contributed by atoms with van der Waals surface area (Å²) in [5.41, 5.74) is 4.81. The summed E-state index contributed by atoms with van der Waals surface area (Å²) in [6.45, 7) is 2.65. The van der Waals surface area contributed by atoms with Crippen LogP contribution in [0.4, 0.5) is 0 Å². The number of carbonyl (C=O) groups is 1. The predicted octanol–water partition coefficient (Wildman–Crippen LogP) is 5.43. The lowest BCUT2D eigenvalue weighted by atomic mass is 10.0. The third-order valence-electron chi connectivity index (χ3n) is 5.43. The number of fused-ring (bicyclic) bond motifs is 2. The Morgan fingerprint density at radius 1 is 1.16 bits per heavy atom. The first-order chi connectivity index (χ1) is 15.0. The molecule has 0 aliphatic rings. The average molecular weight is 476 g/mol. The number of Topliss-reactive ketones (excluding diaryl/α,β-unsaturated/α-hetero) is 1. The zero-order chi connectivity index (χ0) is 21.5. The smallest absolute Gasteiger partial charge is 0.266 e. The van der Waals surface area contributed by atoms with Gasteiger partial charge < -0.3 is 14.1 Å². The Morgan fingerprint density at radius 3 is 2.74 bits per heavy atom. The molecule has 5 rings (SSSR count). The largest absolute Gasteiger partial charge is 0.508 e. The van der Waals surface area contributed by atoms with Gasteiger partial charge in [-0.05, 0) is 60.5 Å². The zero-order valence-corrected chi connectivity index (χ0v) is 18.3. The zero-order valence-electron chi connectivity index (χ0n) is 16.7. The standard InChI is InChI=1S/C24H18BrN3O3/c1-14-18(12-21(30)24-27-23-22(31-24)3-2-10-26-23)19-11-17(29)8-9-20(19)28(14)13-15-4-6-16(25)7-5-15/h2-11,29H,12-13H2,1H3. The normalized spacial score (nSPS) is 11.4. The molecular weight excluding hydrogens is 458 g/mol. The third kappa shape index (κ3) is 3.61. The summed E-state index contributed by atoms with van der Waals surface area (Å²) in [7, 11) is 0. The van der Waals surface area contributed by atoms with Crippen molar-refractivity contribution < 1.29 is 14.3 Å². The number of hydrogen-bond acceptors (Lipinski definition) is 5. The van der Waals surface area contributed by atoms with Gasteiger partial charge in [-0.25, -0.2) is 4.98 Å². The molecule has 0 saturated carbocycles. The van der Waals surface area contributed by atoms with Gasteiger partial charge in [0, 0.05) is 40.2 Å². The number of phenolic OH excluding ortho intramolecular Hbond substituents is 1.